The predicted octanol–water partition coefficient (Wildman–Crippen LogP) is 3.44. The molecule has 1 atom stereocenters. The van der Waals surface area contributed by atoms with Crippen molar-refractivity contribution in [2.45, 2.75) is 25.0 Å². The van der Waals surface area contributed by atoms with E-state index in [1.807, 2.05) is 60.7 Å². The number of unbranched alkanes of at least 4 members (excludes halogenated alkanes) is 1. The molecule has 0 fully saturated rings. The Morgan fingerprint density at radius 2 is 1.52 bits per heavy atom. The highest BCUT2D eigenvalue weighted by molar-refractivity contribution is 7.86. The fraction of sp³-hybridized carbons (Fsp3) is 0.316. The third-order valence-electron chi connectivity index (χ3n) is 3.59. The summed E-state index contributed by atoms with van der Waals surface area (Å²) >= 11 is 0. The van der Waals surface area contributed by atoms with E-state index in [9.17, 15) is 9.00 Å². The molecule has 1 amide bonds. The zero-order chi connectivity index (χ0) is 16.5. The van der Waals surface area contributed by atoms with Gasteiger partial charge in [-0.05, 0) is 17.5 Å². The van der Waals surface area contributed by atoms with Crippen molar-refractivity contribution in [1.82, 2.24) is 5.32 Å². The summed E-state index contributed by atoms with van der Waals surface area (Å²) < 4.78 is 12.8. The Bertz CT molecular complexity index is 589. The van der Waals surface area contributed by atoms with Crippen LogP contribution in [0, 0.1) is 0 Å². The maximum absolute atomic E-state index is 12.8. The molecule has 0 unspecified atom stereocenters. The highest BCUT2D eigenvalue weighted by Crippen LogP contribution is 2.28. The van der Waals surface area contributed by atoms with E-state index < -0.39 is 10.8 Å². The molecule has 0 aliphatic rings. The highest BCUT2D eigenvalue weighted by atomic mass is 32.2. The summed E-state index contributed by atoms with van der Waals surface area (Å²) in [4.78, 5) is 12.0. The quantitative estimate of drug-likeness (QED) is 0.754. The molecule has 0 heterocycles. The molecule has 3 nitrogen and oxygen atoms in total. The van der Waals surface area contributed by atoms with Crippen LogP contribution in [0.4, 0.5) is 0 Å². The van der Waals surface area contributed by atoms with Crippen molar-refractivity contribution in [3.63, 3.8) is 0 Å². The van der Waals surface area contributed by atoms with E-state index in [1.54, 1.807) is 0 Å². The second-order valence-corrected chi connectivity index (χ2v) is 6.95. The van der Waals surface area contributed by atoms with Crippen LogP contribution in [0.3, 0.4) is 0 Å². The largest absolute Gasteiger partial charge is 0.355 e. The third-order valence-corrected chi connectivity index (χ3v) is 5.21. The summed E-state index contributed by atoms with van der Waals surface area (Å²) in [5.74, 6) is -0.119. The van der Waals surface area contributed by atoms with Crippen LogP contribution in [0.15, 0.2) is 60.7 Å². The standard InChI is InChI=1S/C19H23NO2S/c1-2-3-14-20-18(21)15-23(22)19(16-10-6-4-7-11-16)17-12-8-5-9-13-17/h4-13,19H,2-3,14-15H2,1H3,(H,20,21)/t23-/m0/s1. The van der Waals surface area contributed by atoms with Gasteiger partial charge in [0.2, 0.25) is 5.91 Å². The molecule has 2 aromatic carbocycles. The van der Waals surface area contributed by atoms with Crippen LogP contribution in [-0.2, 0) is 15.6 Å². The smallest absolute Gasteiger partial charge is 0.232 e. The van der Waals surface area contributed by atoms with Gasteiger partial charge in [0, 0.05) is 17.3 Å². The van der Waals surface area contributed by atoms with Crippen molar-refractivity contribution < 1.29 is 9.00 Å². The number of hydrogen-bond donors (Lipinski definition) is 1. The molecule has 0 aliphatic carbocycles. The fourth-order valence-electron chi connectivity index (χ4n) is 2.42. The van der Waals surface area contributed by atoms with E-state index in [2.05, 4.69) is 12.2 Å². The summed E-state index contributed by atoms with van der Waals surface area (Å²) in [7, 11) is -1.31. The van der Waals surface area contributed by atoms with Crippen LogP contribution in [0.5, 0.6) is 0 Å². The Kier molecular flexibility index (Phi) is 7.01. The highest BCUT2D eigenvalue weighted by Gasteiger charge is 2.22. The Morgan fingerprint density at radius 1 is 1.00 bits per heavy atom. The van der Waals surface area contributed by atoms with Crippen molar-refractivity contribution in [2.24, 2.45) is 0 Å². The van der Waals surface area contributed by atoms with E-state index in [4.69, 9.17) is 0 Å². The summed E-state index contributed by atoms with van der Waals surface area (Å²) in [5.41, 5.74) is 1.94. The number of carbonyl (C=O) groups is 1. The molecule has 1 N–H and O–H groups in total. The number of hydrogen-bond acceptors (Lipinski definition) is 2. The van der Waals surface area contributed by atoms with E-state index in [1.165, 1.54) is 0 Å². The molecule has 2 aromatic rings. The fourth-order valence-corrected chi connectivity index (χ4v) is 3.87. The maximum Gasteiger partial charge on any atom is 0.232 e. The van der Waals surface area contributed by atoms with Gasteiger partial charge in [-0.15, -0.1) is 0 Å². The lowest BCUT2D eigenvalue weighted by molar-refractivity contribution is -0.118. The topological polar surface area (TPSA) is 46.2 Å². The summed E-state index contributed by atoms with van der Waals surface area (Å²) in [5, 5.41) is 2.56. The Balaban J connectivity index is 2.15. The molecule has 23 heavy (non-hydrogen) atoms. The lowest BCUT2D eigenvalue weighted by Crippen LogP contribution is -2.30. The first-order valence-corrected chi connectivity index (χ1v) is 9.34. The van der Waals surface area contributed by atoms with Gasteiger partial charge in [-0.25, -0.2) is 0 Å². The Labute approximate surface area is 140 Å². The van der Waals surface area contributed by atoms with Crippen molar-refractivity contribution in [3.05, 3.63) is 71.8 Å². The van der Waals surface area contributed by atoms with Gasteiger partial charge in [0.05, 0.1) is 5.25 Å². The zero-order valence-electron chi connectivity index (χ0n) is 13.4. The van der Waals surface area contributed by atoms with Crippen LogP contribution in [0.25, 0.3) is 0 Å². The number of benzene rings is 2. The minimum atomic E-state index is -1.31. The van der Waals surface area contributed by atoms with Gasteiger partial charge >= 0.3 is 0 Å². The molecule has 0 aromatic heterocycles. The predicted molar refractivity (Wildman–Crippen MR) is 95.7 cm³/mol. The first kappa shape index (κ1) is 17.4. The molecule has 122 valence electrons. The van der Waals surface area contributed by atoms with Gasteiger partial charge in [-0.3, -0.25) is 9.00 Å². The van der Waals surface area contributed by atoms with Crippen molar-refractivity contribution in [3.8, 4) is 0 Å². The molecular formula is C19H23NO2S. The Hall–Kier alpha value is -1.94. The normalized spacial score (nSPS) is 12.1. The van der Waals surface area contributed by atoms with Gasteiger partial charge in [-0.2, -0.15) is 0 Å². The molecule has 4 heteroatoms. The summed E-state index contributed by atoms with van der Waals surface area (Å²) in [6.45, 7) is 2.72. The molecule has 0 bridgehead atoms. The van der Waals surface area contributed by atoms with E-state index in [-0.39, 0.29) is 16.9 Å². The monoisotopic (exact) mass is 329 g/mol. The Morgan fingerprint density at radius 3 is 2.00 bits per heavy atom. The first-order chi connectivity index (χ1) is 11.2. The van der Waals surface area contributed by atoms with Crippen molar-refractivity contribution in [1.29, 1.82) is 0 Å². The third kappa shape index (κ3) is 5.32. The van der Waals surface area contributed by atoms with Crippen LogP contribution in [0.1, 0.15) is 36.1 Å². The lowest BCUT2D eigenvalue weighted by Gasteiger charge is -2.17. The molecular weight excluding hydrogens is 306 g/mol. The van der Waals surface area contributed by atoms with Gasteiger partial charge < -0.3 is 5.32 Å². The molecule has 0 spiro atoms. The molecule has 0 saturated carbocycles. The second kappa shape index (κ2) is 9.26. The summed E-state index contributed by atoms with van der Waals surface area (Å²) in [6.07, 6.45) is 1.97. The molecule has 2 rings (SSSR count). The number of carbonyl (C=O) groups excluding carboxylic acids is 1. The van der Waals surface area contributed by atoms with Crippen LogP contribution in [-0.4, -0.2) is 22.4 Å². The molecule has 0 aliphatic heterocycles. The van der Waals surface area contributed by atoms with Gasteiger partial charge in [0.25, 0.3) is 0 Å². The van der Waals surface area contributed by atoms with E-state index in [0.717, 1.165) is 24.0 Å². The van der Waals surface area contributed by atoms with Crippen LogP contribution >= 0.6 is 0 Å². The average Bonchev–Trinajstić information content (AvgIpc) is 2.57. The minimum absolute atomic E-state index is 0.0260. The molecule has 0 saturated heterocycles. The number of amides is 1. The second-order valence-electron chi connectivity index (χ2n) is 5.43. The first-order valence-electron chi connectivity index (χ1n) is 7.96. The SMILES string of the molecule is CCCCNC(=O)C[S@](=O)C(c1ccccc1)c1ccccc1. The van der Waals surface area contributed by atoms with E-state index in [0.29, 0.717) is 6.54 Å². The average molecular weight is 329 g/mol. The van der Waals surface area contributed by atoms with Crippen molar-refractivity contribution >= 4 is 16.7 Å². The van der Waals surface area contributed by atoms with Gasteiger partial charge in [0.1, 0.15) is 5.75 Å². The summed E-state index contributed by atoms with van der Waals surface area (Å²) in [6, 6.07) is 19.5. The number of nitrogens with one attached hydrogen (secondary N) is 1. The minimum Gasteiger partial charge on any atom is -0.355 e. The maximum atomic E-state index is 12.8. The van der Waals surface area contributed by atoms with Gasteiger partial charge in [-0.1, -0.05) is 74.0 Å². The lowest BCUT2D eigenvalue weighted by atomic mass is 10.0. The van der Waals surface area contributed by atoms with Crippen LogP contribution < -0.4 is 5.32 Å². The van der Waals surface area contributed by atoms with Crippen LogP contribution in [0.2, 0.25) is 0 Å². The molecule has 0 radical (unpaired) electrons. The zero-order valence-corrected chi connectivity index (χ0v) is 14.2. The van der Waals surface area contributed by atoms with Crippen molar-refractivity contribution in [2.75, 3.05) is 12.3 Å². The van der Waals surface area contributed by atoms with Gasteiger partial charge in [0.15, 0.2) is 0 Å². The van der Waals surface area contributed by atoms with E-state index >= 15 is 0 Å². The number of rotatable bonds is 8.